The number of fused-ring (bicyclic) bond motifs is 2. The molecule has 9 heteroatoms. The van der Waals surface area contributed by atoms with Gasteiger partial charge in [0.2, 0.25) is 5.75 Å². The molecule has 49 heavy (non-hydrogen) atoms. The molecule has 6 bridgehead atoms. The summed E-state index contributed by atoms with van der Waals surface area (Å²) < 4.78 is 37.7. The molecular formula is C40H47N3O6. The third-order valence-electron chi connectivity index (χ3n) is 10.2. The predicted molar refractivity (Wildman–Crippen MR) is 190 cm³/mol. The maximum absolute atomic E-state index is 7.06. The van der Waals surface area contributed by atoms with Crippen LogP contribution in [0.25, 0.3) is 0 Å². The van der Waals surface area contributed by atoms with Crippen LogP contribution in [0.3, 0.4) is 0 Å². The Morgan fingerprint density at radius 2 is 1.39 bits per heavy atom. The standard InChI is InChI=1S/C40H47N3O6/c1-42-16-13-27-22-34(44-3)36-24-30(27)31(42)19-25-7-10-29(11-8-25)48-35-21-26(9-12-33(35)47-18-6-15-41)20-32-38-28(14-17-43(32)2)23-37(45-4)39(46-5)40(38)49-36/h7-12,21-24,31-32H,6,13-20,41H2,1-5H3/t31?,32-/m1/s1. The van der Waals surface area contributed by atoms with Crippen molar-refractivity contribution in [2.75, 3.05) is 61.7 Å². The fourth-order valence-corrected chi connectivity index (χ4v) is 7.49. The van der Waals surface area contributed by atoms with Crippen LogP contribution in [0.5, 0.6) is 46.0 Å². The van der Waals surface area contributed by atoms with E-state index in [2.05, 4.69) is 78.5 Å². The van der Waals surface area contributed by atoms with Crippen LogP contribution in [0.2, 0.25) is 0 Å². The van der Waals surface area contributed by atoms with Crippen molar-refractivity contribution < 1.29 is 28.4 Å². The van der Waals surface area contributed by atoms with Crippen LogP contribution in [-0.4, -0.2) is 71.5 Å². The average Bonchev–Trinajstić information content (AvgIpc) is 3.11. The average molecular weight is 666 g/mol. The molecule has 0 radical (unpaired) electrons. The van der Waals surface area contributed by atoms with E-state index in [1.165, 1.54) is 22.3 Å². The highest BCUT2D eigenvalue weighted by Gasteiger charge is 2.34. The normalized spacial score (nSPS) is 18.7. The first kappa shape index (κ1) is 33.1. The van der Waals surface area contributed by atoms with Crippen molar-refractivity contribution in [1.29, 1.82) is 0 Å². The molecule has 258 valence electrons. The van der Waals surface area contributed by atoms with Gasteiger partial charge in [0, 0.05) is 30.7 Å². The van der Waals surface area contributed by atoms with E-state index in [0.717, 1.165) is 55.6 Å². The van der Waals surface area contributed by atoms with Crippen LogP contribution in [0, 0.1) is 0 Å². The van der Waals surface area contributed by atoms with E-state index in [1.807, 2.05) is 6.07 Å². The number of nitrogens with zero attached hydrogens (tertiary/aromatic N) is 2. The van der Waals surface area contributed by atoms with Crippen molar-refractivity contribution in [3.63, 3.8) is 0 Å². The molecule has 0 amide bonds. The van der Waals surface area contributed by atoms with E-state index in [1.54, 1.807) is 21.3 Å². The minimum atomic E-state index is -0.0175. The summed E-state index contributed by atoms with van der Waals surface area (Å²) in [4.78, 5) is 4.82. The molecule has 2 atom stereocenters. The van der Waals surface area contributed by atoms with Gasteiger partial charge in [0.25, 0.3) is 0 Å². The number of nitrogens with two attached hydrogens (primary N) is 1. The maximum atomic E-state index is 7.06. The number of benzene rings is 4. The van der Waals surface area contributed by atoms with Crippen molar-refractivity contribution in [2.24, 2.45) is 5.73 Å². The highest BCUT2D eigenvalue weighted by Crippen LogP contribution is 2.52. The number of hydrogen-bond acceptors (Lipinski definition) is 9. The Morgan fingerprint density at radius 3 is 2.12 bits per heavy atom. The van der Waals surface area contributed by atoms with Gasteiger partial charge >= 0.3 is 0 Å². The van der Waals surface area contributed by atoms with Crippen LogP contribution in [-0.2, 0) is 25.7 Å². The SMILES string of the molecule is COc1cc2c3cc1Oc1c(OC)c(OC)cc4c1[C@@H](Cc1ccc(OCCCN)c(c1)Oc1ccc(cc1)CC3N(C)CC2)N(C)CC4. The van der Waals surface area contributed by atoms with Crippen LogP contribution in [0.1, 0.15) is 51.9 Å². The molecule has 0 saturated carbocycles. The number of methoxy groups -OCH3 is 3. The molecule has 0 spiro atoms. The zero-order valence-electron chi connectivity index (χ0n) is 29.2. The number of rotatable bonds is 7. The lowest BCUT2D eigenvalue weighted by Crippen LogP contribution is -2.34. The fourth-order valence-electron chi connectivity index (χ4n) is 7.49. The fraction of sp³-hybridized carbons (Fsp3) is 0.400. The van der Waals surface area contributed by atoms with Gasteiger partial charge < -0.3 is 34.2 Å². The molecule has 4 aliphatic heterocycles. The van der Waals surface area contributed by atoms with Gasteiger partial charge in [-0.05, 0) is 123 Å². The quantitative estimate of drug-likeness (QED) is 0.212. The van der Waals surface area contributed by atoms with Gasteiger partial charge in [-0.1, -0.05) is 18.2 Å². The Labute approximate surface area is 289 Å². The van der Waals surface area contributed by atoms with Gasteiger partial charge in [0.1, 0.15) is 5.75 Å². The summed E-state index contributed by atoms with van der Waals surface area (Å²) in [5.74, 6) is 5.38. The van der Waals surface area contributed by atoms with Crippen LogP contribution < -0.4 is 34.2 Å². The molecule has 4 aromatic carbocycles. The summed E-state index contributed by atoms with van der Waals surface area (Å²) in [6.07, 6.45) is 4.10. The number of hydrogen-bond donors (Lipinski definition) is 1. The third-order valence-corrected chi connectivity index (χ3v) is 10.2. The molecule has 9 nitrogen and oxygen atoms in total. The largest absolute Gasteiger partial charge is 0.493 e. The molecule has 0 fully saturated rings. The van der Waals surface area contributed by atoms with E-state index in [0.29, 0.717) is 59.8 Å². The highest BCUT2D eigenvalue weighted by molar-refractivity contribution is 5.64. The van der Waals surface area contributed by atoms with E-state index < -0.39 is 0 Å². The van der Waals surface area contributed by atoms with Gasteiger partial charge in [0.05, 0.1) is 27.9 Å². The Morgan fingerprint density at radius 1 is 0.714 bits per heavy atom. The first-order valence-electron chi connectivity index (χ1n) is 17.2. The Hall–Kier alpha value is -4.44. The van der Waals surface area contributed by atoms with E-state index in [9.17, 15) is 0 Å². The first-order chi connectivity index (χ1) is 23.9. The second-order valence-electron chi connectivity index (χ2n) is 13.2. The molecule has 1 unspecified atom stereocenters. The second kappa shape index (κ2) is 14.2. The van der Waals surface area contributed by atoms with E-state index >= 15 is 0 Å². The lowest BCUT2D eigenvalue weighted by molar-refractivity contribution is 0.220. The van der Waals surface area contributed by atoms with Gasteiger partial charge in [-0.25, -0.2) is 0 Å². The first-order valence-corrected chi connectivity index (χ1v) is 17.2. The lowest BCUT2D eigenvalue weighted by Gasteiger charge is -2.37. The molecule has 4 aromatic rings. The van der Waals surface area contributed by atoms with Gasteiger partial charge in [0.15, 0.2) is 34.5 Å². The highest BCUT2D eigenvalue weighted by atomic mass is 16.5. The van der Waals surface area contributed by atoms with Gasteiger partial charge in [-0.2, -0.15) is 0 Å². The summed E-state index contributed by atoms with van der Waals surface area (Å²) in [6, 6.07) is 21.2. The molecular weight excluding hydrogens is 618 g/mol. The Balaban J connectivity index is 1.43. The Bertz CT molecular complexity index is 1810. The van der Waals surface area contributed by atoms with Crippen molar-refractivity contribution >= 4 is 0 Å². The van der Waals surface area contributed by atoms with Crippen molar-refractivity contribution in [3.05, 3.63) is 94.0 Å². The molecule has 8 rings (SSSR count). The minimum absolute atomic E-state index is 0.0175. The van der Waals surface area contributed by atoms with Gasteiger partial charge in [-0.3, -0.25) is 9.80 Å². The topological polar surface area (TPSA) is 87.9 Å². The monoisotopic (exact) mass is 665 g/mol. The summed E-state index contributed by atoms with van der Waals surface area (Å²) in [7, 11) is 9.42. The van der Waals surface area contributed by atoms with Crippen molar-refractivity contribution in [3.8, 4) is 46.0 Å². The molecule has 4 heterocycles. The number of ether oxygens (including phenoxy) is 6. The smallest absolute Gasteiger partial charge is 0.204 e. The van der Waals surface area contributed by atoms with Crippen molar-refractivity contribution in [1.82, 2.24) is 9.80 Å². The zero-order valence-corrected chi connectivity index (χ0v) is 29.2. The predicted octanol–water partition coefficient (Wildman–Crippen LogP) is 6.88. The summed E-state index contributed by atoms with van der Waals surface area (Å²) in [5, 5.41) is 0. The molecule has 0 saturated heterocycles. The molecule has 2 N–H and O–H groups in total. The number of likely N-dealkylation sites (N-methyl/N-ethyl adjacent to an activating group) is 2. The van der Waals surface area contributed by atoms with Gasteiger partial charge in [-0.15, -0.1) is 0 Å². The summed E-state index contributed by atoms with van der Waals surface area (Å²) >= 11 is 0. The summed E-state index contributed by atoms with van der Waals surface area (Å²) in [5.41, 5.74) is 12.9. The molecule has 0 aliphatic carbocycles. The zero-order chi connectivity index (χ0) is 34.1. The van der Waals surface area contributed by atoms with E-state index in [-0.39, 0.29) is 12.1 Å². The van der Waals surface area contributed by atoms with Crippen LogP contribution >= 0.6 is 0 Å². The Kier molecular flexibility index (Phi) is 9.58. The maximum Gasteiger partial charge on any atom is 0.204 e. The second-order valence-corrected chi connectivity index (χ2v) is 13.2. The molecule has 4 aliphatic rings. The van der Waals surface area contributed by atoms with Crippen LogP contribution in [0.15, 0.2) is 60.7 Å². The third kappa shape index (κ3) is 6.50. The van der Waals surface area contributed by atoms with E-state index in [4.69, 9.17) is 34.2 Å². The molecule has 0 aromatic heterocycles. The minimum Gasteiger partial charge on any atom is -0.493 e. The van der Waals surface area contributed by atoms with Crippen molar-refractivity contribution in [2.45, 2.75) is 44.2 Å². The summed E-state index contributed by atoms with van der Waals surface area (Å²) in [6.45, 7) is 2.93. The lowest BCUT2D eigenvalue weighted by atomic mass is 9.87. The van der Waals surface area contributed by atoms with Crippen LogP contribution in [0.4, 0.5) is 0 Å².